The van der Waals surface area contributed by atoms with Gasteiger partial charge in [0.1, 0.15) is 0 Å². The Morgan fingerprint density at radius 1 is 0.268 bits per heavy atom. The molecular formula is C56H50. The standard InChI is InChI=1S/C56H50/c1-15-41-29-43(35-49(33-41)53(3,4)5)23-17-19-25-45-31-47(39-51(37-45)55(9,10)11)27-21-22-28-48-32-46(38-52(40-48)56(12,13)14)26-20-18-24-44-30-42(16-2)34-50(36-44)54(6,7)8/h1-2,29-40H,3-14H3. The van der Waals surface area contributed by atoms with Crippen LogP contribution in [0.1, 0.15) is 150 Å². The topological polar surface area (TPSA) is 0 Å². The van der Waals surface area contributed by atoms with Crippen LogP contribution in [0, 0.1) is 95.7 Å². The summed E-state index contributed by atoms with van der Waals surface area (Å²) in [4.78, 5) is 0. The minimum atomic E-state index is -0.0964. The van der Waals surface area contributed by atoms with Crippen molar-refractivity contribution in [2.75, 3.05) is 0 Å². The van der Waals surface area contributed by atoms with Crippen LogP contribution in [-0.4, -0.2) is 0 Å². The molecule has 0 aromatic heterocycles. The highest BCUT2D eigenvalue weighted by atomic mass is 14.2. The van der Waals surface area contributed by atoms with Gasteiger partial charge >= 0.3 is 0 Å². The number of benzene rings is 4. The minimum absolute atomic E-state index is 0.0388. The van der Waals surface area contributed by atoms with Gasteiger partial charge in [-0.3, -0.25) is 0 Å². The van der Waals surface area contributed by atoms with Crippen LogP contribution in [0.4, 0.5) is 0 Å². The summed E-state index contributed by atoms with van der Waals surface area (Å²) in [5.74, 6) is 43.1. The molecule has 274 valence electrons. The molecule has 0 amide bonds. The second kappa shape index (κ2) is 17.2. The first kappa shape index (κ1) is 42.1. The Morgan fingerprint density at radius 2 is 0.429 bits per heavy atom. The zero-order chi connectivity index (χ0) is 41.3. The molecule has 0 atom stereocenters. The molecule has 0 radical (unpaired) electrons. The maximum absolute atomic E-state index is 5.72. The summed E-state index contributed by atoms with van der Waals surface area (Å²) in [6, 6.07) is 24.5. The first-order valence-electron chi connectivity index (χ1n) is 18.8. The van der Waals surface area contributed by atoms with Crippen LogP contribution in [0.2, 0.25) is 0 Å². The molecule has 0 spiro atoms. The molecule has 0 nitrogen and oxygen atoms in total. The van der Waals surface area contributed by atoms with Crippen molar-refractivity contribution in [1.82, 2.24) is 0 Å². The average molecular weight is 723 g/mol. The molecule has 4 rings (SSSR count). The molecule has 4 aromatic carbocycles. The molecule has 0 N–H and O–H groups in total. The Kier molecular flexibility index (Phi) is 12.9. The fourth-order valence-electron chi connectivity index (χ4n) is 5.46. The van der Waals surface area contributed by atoms with E-state index in [9.17, 15) is 0 Å². The van der Waals surface area contributed by atoms with E-state index in [1.807, 2.05) is 36.4 Å². The van der Waals surface area contributed by atoms with Gasteiger partial charge in [0.2, 0.25) is 0 Å². The third-order valence-electron chi connectivity index (χ3n) is 8.96. The second-order valence-electron chi connectivity index (χ2n) is 18.0. The van der Waals surface area contributed by atoms with Gasteiger partial charge in [-0.2, -0.15) is 0 Å². The molecule has 0 unspecified atom stereocenters. The number of hydrogen-bond acceptors (Lipinski definition) is 0. The minimum Gasteiger partial charge on any atom is -0.115 e. The summed E-state index contributed by atoms with van der Waals surface area (Å²) in [7, 11) is 0. The molecule has 0 saturated heterocycles. The largest absolute Gasteiger partial charge is 0.115 e. The van der Waals surface area contributed by atoms with Crippen LogP contribution < -0.4 is 0 Å². The van der Waals surface area contributed by atoms with E-state index in [4.69, 9.17) is 12.8 Å². The van der Waals surface area contributed by atoms with Crippen LogP contribution in [0.5, 0.6) is 0 Å². The van der Waals surface area contributed by atoms with Crippen molar-refractivity contribution < 1.29 is 0 Å². The second-order valence-corrected chi connectivity index (χ2v) is 18.0. The Morgan fingerprint density at radius 3 is 0.589 bits per heavy atom. The normalized spacial score (nSPS) is 10.7. The van der Waals surface area contributed by atoms with E-state index in [0.29, 0.717) is 0 Å². The van der Waals surface area contributed by atoms with E-state index in [0.717, 1.165) is 66.8 Å². The van der Waals surface area contributed by atoms with Gasteiger partial charge in [0.05, 0.1) is 0 Å². The number of rotatable bonds is 0. The molecule has 0 saturated carbocycles. The lowest BCUT2D eigenvalue weighted by Gasteiger charge is -2.19. The lowest BCUT2D eigenvalue weighted by molar-refractivity contribution is 0.589. The van der Waals surface area contributed by atoms with Crippen molar-refractivity contribution in [2.45, 2.75) is 105 Å². The van der Waals surface area contributed by atoms with Crippen LogP contribution >= 0.6 is 0 Å². The summed E-state index contributed by atoms with van der Waals surface area (Å²) < 4.78 is 0. The van der Waals surface area contributed by atoms with E-state index >= 15 is 0 Å². The Labute approximate surface area is 338 Å². The van der Waals surface area contributed by atoms with Crippen molar-refractivity contribution in [1.29, 1.82) is 0 Å². The number of terminal acetylenes is 2. The van der Waals surface area contributed by atoms with Gasteiger partial charge < -0.3 is 0 Å². The summed E-state index contributed by atoms with van der Waals surface area (Å²) in [6.45, 7) is 26.0. The quantitative estimate of drug-likeness (QED) is 0.159. The van der Waals surface area contributed by atoms with Gasteiger partial charge in [0.15, 0.2) is 0 Å². The third-order valence-corrected chi connectivity index (χ3v) is 8.96. The average Bonchev–Trinajstić information content (AvgIpc) is 3.12. The van der Waals surface area contributed by atoms with Crippen LogP contribution in [0.25, 0.3) is 0 Å². The van der Waals surface area contributed by atoms with Crippen molar-refractivity contribution in [3.63, 3.8) is 0 Å². The van der Waals surface area contributed by atoms with E-state index < -0.39 is 0 Å². The number of hydrogen-bond donors (Lipinski definition) is 0. The van der Waals surface area contributed by atoms with Crippen LogP contribution in [0.15, 0.2) is 72.8 Å². The fourth-order valence-corrected chi connectivity index (χ4v) is 5.46. The first-order valence-corrected chi connectivity index (χ1v) is 18.8. The van der Waals surface area contributed by atoms with E-state index in [-0.39, 0.29) is 21.7 Å². The molecule has 4 aromatic rings. The monoisotopic (exact) mass is 722 g/mol. The molecular weight excluding hydrogens is 673 g/mol. The smallest absolute Gasteiger partial charge is 0.0270 e. The molecule has 0 heterocycles. The SMILES string of the molecule is C#Cc1cc(C#CC#Cc2cc(C#CC#Cc3cc(C#CC#Cc4cc(C#C)cc(C(C)(C)C)c4)cc(C(C)(C)C)c3)cc(C(C)(C)C)c2)cc(C(C)(C)C)c1. The van der Waals surface area contributed by atoms with Crippen molar-refractivity contribution >= 4 is 0 Å². The van der Waals surface area contributed by atoms with E-state index in [2.05, 4.69) is 202 Å². The summed E-state index contributed by atoms with van der Waals surface area (Å²) in [5, 5.41) is 0. The van der Waals surface area contributed by atoms with Crippen LogP contribution in [-0.2, 0) is 21.7 Å². The third kappa shape index (κ3) is 12.5. The summed E-state index contributed by atoms with van der Waals surface area (Å²) in [6.07, 6.45) is 11.4. The van der Waals surface area contributed by atoms with Gasteiger partial charge in [-0.1, -0.05) is 130 Å². The molecule has 0 fully saturated rings. The first-order chi connectivity index (χ1) is 26.1. The molecule has 0 aliphatic rings. The molecule has 0 bridgehead atoms. The molecule has 0 aliphatic heterocycles. The highest BCUT2D eigenvalue weighted by Crippen LogP contribution is 2.27. The Hall–Kier alpha value is -6.64. The molecule has 56 heavy (non-hydrogen) atoms. The highest BCUT2D eigenvalue weighted by molar-refractivity contribution is 5.56. The molecule has 0 heteroatoms. The maximum atomic E-state index is 5.72. The van der Waals surface area contributed by atoms with Crippen molar-refractivity contribution in [3.05, 3.63) is 140 Å². The fraction of sp³-hybridized carbons (Fsp3) is 0.286. The lowest BCUT2D eigenvalue weighted by Crippen LogP contribution is -2.11. The lowest BCUT2D eigenvalue weighted by atomic mass is 9.85. The predicted octanol–water partition coefficient (Wildman–Crippen LogP) is 11.0. The van der Waals surface area contributed by atoms with Gasteiger partial charge in [0.25, 0.3) is 0 Å². The van der Waals surface area contributed by atoms with Crippen LogP contribution in [0.3, 0.4) is 0 Å². The maximum Gasteiger partial charge on any atom is 0.0270 e. The summed E-state index contributed by atoms with van der Waals surface area (Å²) >= 11 is 0. The van der Waals surface area contributed by atoms with Gasteiger partial charge in [-0.25, -0.2) is 0 Å². The predicted molar refractivity (Wildman–Crippen MR) is 238 cm³/mol. The van der Waals surface area contributed by atoms with E-state index in [1.54, 1.807) is 0 Å². The summed E-state index contributed by atoms with van der Waals surface area (Å²) in [5.41, 5.74) is 11.0. The molecule has 0 aliphatic carbocycles. The van der Waals surface area contributed by atoms with Gasteiger partial charge in [0, 0.05) is 44.5 Å². The Bertz CT molecular complexity index is 2460. The van der Waals surface area contributed by atoms with Gasteiger partial charge in [-0.05, 0) is 152 Å². The van der Waals surface area contributed by atoms with Crippen molar-refractivity contribution in [2.24, 2.45) is 0 Å². The van der Waals surface area contributed by atoms with Gasteiger partial charge in [-0.15, -0.1) is 12.8 Å². The zero-order valence-corrected chi connectivity index (χ0v) is 35.1. The Balaban J connectivity index is 1.64. The van der Waals surface area contributed by atoms with Crippen molar-refractivity contribution in [3.8, 4) is 95.7 Å². The van der Waals surface area contributed by atoms with E-state index in [1.165, 1.54) is 0 Å². The highest BCUT2D eigenvalue weighted by Gasteiger charge is 2.17. The zero-order valence-electron chi connectivity index (χ0n) is 35.1.